The summed E-state index contributed by atoms with van der Waals surface area (Å²) in [5.74, 6) is -2.26. The lowest BCUT2D eigenvalue weighted by Gasteiger charge is -2.14. The van der Waals surface area contributed by atoms with Crippen LogP contribution in [0, 0.1) is 11.6 Å². The first-order valence-corrected chi connectivity index (χ1v) is 14.9. The Bertz CT molecular complexity index is 1670. The van der Waals surface area contributed by atoms with Gasteiger partial charge in [0.15, 0.2) is 0 Å². The van der Waals surface area contributed by atoms with E-state index in [0.717, 1.165) is 66.7 Å². The minimum atomic E-state index is -4.28. The first-order chi connectivity index (χ1) is 18.8. The van der Waals surface area contributed by atoms with Gasteiger partial charge in [0.2, 0.25) is 0 Å². The molecule has 208 valence electrons. The van der Waals surface area contributed by atoms with Crippen molar-refractivity contribution in [2.75, 3.05) is 9.44 Å². The maximum absolute atomic E-state index is 13.3. The smallest absolute Gasteiger partial charge is 0.338 e. The van der Waals surface area contributed by atoms with Gasteiger partial charge in [0.25, 0.3) is 20.0 Å². The summed E-state index contributed by atoms with van der Waals surface area (Å²) in [4.78, 5) is 12.4. The van der Waals surface area contributed by atoms with Gasteiger partial charge in [0.05, 0.1) is 26.7 Å². The number of nitrogens with one attached hydrogen (secondary N) is 2. The van der Waals surface area contributed by atoms with Gasteiger partial charge in [-0.2, -0.15) is 0 Å². The third-order valence-corrected chi connectivity index (χ3v) is 8.83. The first kappa shape index (κ1) is 29.3. The number of rotatable bonds is 9. The van der Waals surface area contributed by atoms with Crippen molar-refractivity contribution >= 4 is 60.6 Å². The molecule has 0 aromatic heterocycles. The van der Waals surface area contributed by atoms with E-state index in [1.807, 2.05) is 0 Å². The molecule has 2 N–H and O–H groups in total. The Morgan fingerprint density at radius 2 is 1.12 bits per heavy atom. The highest BCUT2D eigenvalue weighted by Gasteiger charge is 2.20. The van der Waals surface area contributed by atoms with E-state index < -0.39 is 37.7 Å². The van der Waals surface area contributed by atoms with Crippen molar-refractivity contribution in [2.24, 2.45) is 0 Å². The number of hydrogen-bond donors (Lipinski definition) is 2. The molecule has 0 fully saturated rings. The van der Waals surface area contributed by atoms with E-state index in [-0.39, 0.29) is 43.4 Å². The molecule has 0 aliphatic rings. The maximum atomic E-state index is 13.3. The van der Waals surface area contributed by atoms with Crippen molar-refractivity contribution in [2.45, 2.75) is 16.4 Å². The molecule has 0 saturated heterocycles. The summed E-state index contributed by atoms with van der Waals surface area (Å²) in [6.07, 6.45) is 0. The zero-order chi connectivity index (χ0) is 29.1. The molecule has 0 unspecified atom stereocenters. The third kappa shape index (κ3) is 7.07. The van der Waals surface area contributed by atoms with Crippen LogP contribution < -0.4 is 9.44 Å². The summed E-state index contributed by atoms with van der Waals surface area (Å²) >= 11 is 12.2. The number of esters is 1. The van der Waals surface area contributed by atoms with Gasteiger partial charge in [-0.05, 0) is 78.9 Å². The molecule has 4 rings (SSSR count). The summed E-state index contributed by atoms with van der Waals surface area (Å²) in [7, 11) is -8.56. The fourth-order valence-electron chi connectivity index (χ4n) is 3.41. The van der Waals surface area contributed by atoms with E-state index in [4.69, 9.17) is 27.9 Å². The Morgan fingerprint density at radius 3 is 1.55 bits per heavy atom. The van der Waals surface area contributed by atoms with Gasteiger partial charge >= 0.3 is 5.97 Å². The number of sulfonamides is 2. The Balaban J connectivity index is 1.68. The summed E-state index contributed by atoms with van der Waals surface area (Å²) in [6.45, 7) is -0.334. The van der Waals surface area contributed by atoms with Gasteiger partial charge in [-0.15, -0.1) is 0 Å². The fraction of sp³-hybridized carbons (Fsp3) is 0.0385. The number of hydrogen-bond acceptors (Lipinski definition) is 6. The molecule has 0 aliphatic carbocycles. The lowest BCUT2D eigenvalue weighted by Crippen LogP contribution is -2.16. The van der Waals surface area contributed by atoms with Gasteiger partial charge in [0.1, 0.15) is 18.2 Å². The van der Waals surface area contributed by atoms with Crippen molar-refractivity contribution in [3.05, 3.63) is 118 Å². The van der Waals surface area contributed by atoms with E-state index in [2.05, 4.69) is 9.44 Å². The van der Waals surface area contributed by atoms with Gasteiger partial charge in [-0.1, -0.05) is 29.3 Å². The molecule has 0 radical (unpaired) electrons. The molecule has 0 heterocycles. The molecule has 8 nitrogen and oxygen atoms in total. The molecule has 0 atom stereocenters. The van der Waals surface area contributed by atoms with Crippen LogP contribution in [-0.4, -0.2) is 22.8 Å². The molecular weight excluding hydrogens is 609 g/mol. The normalized spacial score (nSPS) is 11.6. The minimum Gasteiger partial charge on any atom is -0.457 e. The second-order valence-electron chi connectivity index (χ2n) is 8.19. The highest BCUT2D eigenvalue weighted by atomic mass is 35.5. The van der Waals surface area contributed by atoms with Crippen molar-refractivity contribution in [3.63, 3.8) is 0 Å². The van der Waals surface area contributed by atoms with Crippen molar-refractivity contribution in [1.82, 2.24) is 0 Å². The highest BCUT2D eigenvalue weighted by molar-refractivity contribution is 7.93. The number of halogens is 4. The maximum Gasteiger partial charge on any atom is 0.338 e. The zero-order valence-electron chi connectivity index (χ0n) is 20.1. The predicted molar refractivity (Wildman–Crippen MR) is 146 cm³/mol. The SMILES string of the molecule is O=C(OCc1c(Cl)cccc1Cl)c1cc(NS(=O)(=O)c2ccc(F)cc2)cc(NS(=O)(=O)c2ccc(F)cc2)c1. The molecule has 0 saturated carbocycles. The number of benzene rings is 4. The quantitative estimate of drug-likeness (QED) is 0.213. The van der Waals surface area contributed by atoms with Crippen LogP contribution in [0.3, 0.4) is 0 Å². The fourth-order valence-corrected chi connectivity index (χ4v) is 6.00. The van der Waals surface area contributed by atoms with Crippen LogP contribution >= 0.6 is 23.2 Å². The summed E-state index contributed by atoms with van der Waals surface area (Å²) in [5, 5.41) is 0.489. The summed E-state index contributed by atoms with van der Waals surface area (Å²) in [6, 6.07) is 16.0. The monoisotopic (exact) mass is 626 g/mol. The standard InChI is InChI=1S/C26H18Cl2F2N2O6S2/c27-24-2-1-3-25(28)23(24)15-38-26(33)16-12-19(31-39(34,35)21-8-4-17(29)5-9-21)14-20(13-16)32-40(36,37)22-10-6-18(30)7-11-22/h1-14,31-32H,15H2. The van der Waals surface area contributed by atoms with E-state index in [9.17, 15) is 30.4 Å². The van der Waals surface area contributed by atoms with Crippen molar-refractivity contribution in [3.8, 4) is 0 Å². The van der Waals surface area contributed by atoms with Crippen LogP contribution in [0.1, 0.15) is 15.9 Å². The number of ether oxygens (including phenoxy) is 1. The second-order valence-corrected chi connectivity index (χ2v) is 12.4. The predicted octanol–water partition coefficient (Wildman–Crippen LogP) is 6.23. The largest absolute Gasteiger partial charge is 0.457 e. The van der Waals surface area contributed by atoms with Gasteiger partial charge < -0.3 is 4.74 Å². The average Bonchev–Trinajstić information content (AvgIpc) is 2.88. The Labute approximate surface area is 238 Å². The second kappa shape index (κ2) is 11.8. The molecule has 0 bridgehead atoms. The van der Waals surface area contributed by atoms with Gasteiger partial charge in [0, 0.05) is 15.6 Å². The van der Waals surface area contributed by atoms with E-state index in [1.54, 1.807) is 18.2 Å². The summed E-state index contributed by atoms with van der Waals surface area (Å²) < 4.78 is 87.8. The van der Waals surface area contributed by atoms with Crippen LogP contribution in [-0.2, 0) is 31.4 Å². The Morgan fingerprint density at radius 1 is 0.700 bits per heavy atom. The lowest BCUT2D eigenvalue weighted by atomic mass is 10.2. The number of carbonyl (C=O) groups excluding carboxylic acids is 1. The molecule has 40 heavy (non-hydrogen) atoms. The van der Waals surface area contributed by atoms with Crippen LogP contribution in [0.25, 0.3) is 0 Å². The molecule has 0 aliphatic heterocycles. The first-order valence-electron chi connectivity index (χ1n) is 11.2. The highest BCUT2D eigenvalue weighted by Crippen LogP contribution is 2.28. The van der Waals surface area contributed by atoms with E-state index >= 15 is 0 Å². The van der Waals surface area contributed by atoms with Crippen molar-refractivity contribution in [1.29, 1.82) is 0 Å². The molecule has 4 aromatic rings. The van der Waals surface area contributed by atoms with Gasteiger partial charge in [-0.3, -0.25) is 9.44 Å². The summed E-state index contributed by atoms with van der Waals surface area (Å²) in [5.41, 5.74) is -0.346. The van der Waals surface area contributed by atoms with Crippen LogP contribution in [0.4, 0.5) is 20.2 Å². The average molecular weight is 627 g/mol. The Kier molecular flexibility index (Phi) is 8.64. The number of carbonyl (C=O) groups is 1. The lowest BCUT2D eigenvalue weighted by molar-refractivity contribution is 0.0473. The zero-order valence-corrected chi connectivity index (χ0v) is 23.2. The topological polar surface area (TPSA) is 119 Å². The van der Waals surface area contributed by atoms with Crippen LogP contribution in [0.2, 0.25) is 10.0 Å². The molecule has 0 spiro atoms. The van der Waals surface area contributed by atoms with E-state index in [1.165, 1.54) is 0 Å². The van der Waals surface area contributed by atoms with E-state index in [0.29, 0.717) is 5.56 Å². The minimum absolute atomic E-state index is 0.216. The third-order valence-electron chi connectivity index (χ3n) is 5.33. The molecule has 4 aromatic carbocycles. The van der Waals surface area contributed by atoms with Crippen LogP contribution in [0.5, 0.6) is 0 Å². The van der Waals surface area contributed by atoms with Crippen LogP contribution in [0.15, 0.2) is 94.7 Å². The molecule has 14 heteroatoms. The molecular formula is C26H18Cl2F2N2O6S2. The number of anilines is 2. The van der Waals surface area contributed by atoms with Crippen molar-refractivity contribution < 1.29 is 35.1 Å². The Hall–Kier alpha value is -3.71. The molecule has 0 amide bonds. The van der Waals surface area contributed by atoms with Gasteiger partial charge in [-0.25, -0.2) is 30.4 Å².